The normalized spacial score (nSPS) is 10.0. The van der Waals surface area contributed by atoms with Gasteiger partial charge in [0.25, 0.3) is 5.91 Å². The Kier molecular flexibility index (Phi) is 5.10. The number of benzene rings is 1. The Morgan fingerprint density at radius 3 is 3.00 bits per heavy atom. The van der Waals surface area contributed by atoms with Gasteiger partial charge in [-0.2, -0.15) is 5.26 Å². The van der Waals surface area contributed by atoms with Crippen molar-refractivity contribution in [3.63, 3.8) is 0 Å². The molecule has 4 heteroatoms. The average molecular weight is 235 g/mol. The number of nitriles is 1. The molecule has 1 aromatic carbocycles. The Labute approximate surface area is 99.3 Å². The molecule has 16 heavy (non-hydrogen) atoms. The molecule has 0 bridgehead atoms. The molecule has 3 nitrogen and oxygen atoms in total. The maximum Gasteiger partial charge on any atom is 0.251 e. The number of hydrogen-bond donors (Lipinski definition) is 1. The Morgan fingerprint density at radius 1 is 1.50 bits per heavy atom. The summed E-state index contributed by atoms with van der Waals surface area (Å²) in [6.07, 6.45) is 3.53. The summed E-state index contributed by atoms with van der Waals surface area (Å²) in [6, 6.07) is 8.55. The number of halogens is 1. The fourth-order valence-corrected chi connectivity index (χ4v) is 1.26. The molecule has 0 aliphatic heterocycles. The number of nitrogens with zero attached hydrogens (tertiary/aromatic N) is 1. The molecule has 0 spiro atoms. The molecule has 0 unspecified atom stereocenters. The quantitative estimate of drug-likeness (QED) is 0.641. The predicted molar refractivity (Wildman–Crippen MR) is 63.4 cm³/mol. The SMILES string of the molecule is N#Cc1cccc(C(=O)NC/C=C/CCl)c1. The lowest BCUT2D eigenvalue weighted by molar-refractivity contribution is 0.0958. The van der Waals surface area contributed by atoms with Crippen LogP contribution >= 0.6 is 11.6 Å². The minimum absolute atomic E-state index is 0.198. The van der Waals surface area contributed by atoms with Crippen molar-refractivity contribution in [1.29, 1.82) is 5.26 Å². The number of carbonyl (C=O) groups excluding carboxylic acids is 1. The summed E-state index contributed by atoms with van der Waals surface area (Å²) in [5.41, 5.74) is 0.960. The number of hydrogen-bond acceptors (Lipinski definition) is 2. The van der Waals surface area contributed by atoms with E-state index in [0.717, 1.165) is 0 Å². The summed E-state index contributed by atoms with van der Waals surface area (Å²) in [5.74, 6) is 0.232. The van der Waals surface area contributed by atoms with Crippen LogP contribution in [-0.2, 0) is 0 Å². The number of rotatable bonds is 4. The summed E-state index contributed by atoms with van der Waals surface area (Å²) >= 11 is 5.44. The van der Waals surface area contributed by atoms with Crippen molar-refractivity contribution >= 4 is 17.5 Å². The molecule has 0 saturated carbocycles. The van der Waals surface area contributed by atoms with E-state index in [9.17, 15) is 4.79 Å². The highest BCUT2D eigenvalue weighted by molar-refractivity contribution is 6.18. The van der Waals surface area contributed by atoms with Gasteiger partial charge in [0.05, 0.1) is 11.6 Å². The maximum atomic E-state index is 11.6. The van der Waals surface area contributed by atoms with Crippen molar-refractivity contribution in [2.24, 2.45) is 0 Å². The summed E-state index contributed by atoms with van der Waals surface area (Å²) in [6.45, 7) is 0.433. The summed E-state index contributed by atoms with van der Waals surface area (Å²) in [5, 5.41) is 11.4. The van der Waals surface area contributed by atoms with E-state index in [-0.39, 0.29) is 5.91 Å². The fourth-order valence-electron chi connectivity index (χ4n) is 1.13. The lowest BCUT2D eigenvalue weighted by Gasteiger charge is -2.02. The third-order valence-electron chi connectivity index (χ3n) is 1.89. The Bertz CT molecular complexity index is 435. The third-order valence-corrected chi connectivity index (χ3v) is 2.07. The van der Waals surface area contributed by atoms with Crippen molar-refractivity contribution < 1.29 is 4.79 Å². The van der Waals surface area contributed by atoms with Gasteiger partial charge >= 0.3 is 0 Å². The van der Waals surface area contributed by atoms with Crippen LogP contribution in [-0.4, -0.2) is 18.3 Å². The fraction of sp³-hybridized carbons (Fsp3) is 0.167. The van der Waals surface area contributed by atoms with Crippen molar-refractivity contribution in [2.45, 2.75) is 0 Å². The first-order chi connectivity index (χ1) is 7.77. The molecule has 0 atom stereocenters. The van der Waals surface area contributed by atoms with Crippen LogP contribution in [0.25, 0.3) is 0 Å². The minimum atomic E-state index is -0.198. The van der Waals surface area contributed by atoms with E-state index in [4.69, 9.17) is 16.9 Å². The molecule has 0 aromatic heterocycles. The van der Waals surface area contributed by atoms with Gasteiger partial charge in [-0.1, -0.05) is 18.2 Å². The molecule has 1 N–H and O–H groups in total. The van der Waals surface area contributed by atoms with Crippen LogP contribution in [0.3, 0.4) is 0 Å². The first-order valence-corrected chi connectivity index (χ1v) is 5.30. The highest BCUT2D eigenvalue weighted by Crippen LogP contribution is 2.03. The number of carbonyl (C=O) groups is 1. The number of allylic oxidation sites excluding steroid dienone is 1. The molecule has 0 saturated heterocycles. The van der Waals surface area contributed by atoms with E-state index in [0.29, 0.717) is 23.6 Å². The van der Waals surface area contributed by atoms with Crippen LogP contribution < -0.4 is 5.32 Å². The van der Waals surface area contributed by atoms with Crippen molar-refractivity contribution in [3.05, 3.63) is 47.5 Å². The van der Waals surface area contributed by atoms with Gasteiger partial charge in [0.1, 0.15) is 0 Å². The molecular weight excluding hydrogens is 224 g/mol. The molecule has 0 radical (unpaired) electrons. The van der Waals surface area contributed by atoms with Crippen molar-refractivity contribution in [1.82, 2.24) is 5.32 Å². The van der Waals surface area contributed by atoms with Gasteiger partial charge in [-0.15, -0.1) is 11.6 Å². The second kappa shape index (κ2) is 6.65. The lowest BCUT2D eigenvalue weighted by Crippen LogP contribution is -2.23. The Hall–Kier alpha value is -1.79. The van der Waals surface area contributed by atoms with Gasteiger partial charge < -0.3 is 5.32 Å². The Balaban J connectivity index is 2.59. The minimum Gasteiger partial charge on any atom is -0.349 e. The first kappa shape index (κ1) is 12.3. The van der Waals surface area contributed by atoms with Crippen molar-refractivity contribution in [3.8, 4) is 6.07 Å². The average Bonchev–Trinajstić information content (AvgIpc) is 2.34. The van der Waals surface area contributed by atoms with Crippen LogP contribution in [0.4, 0.5) is 0 Å². The summed E-state index contributed by atoms with van der Waals surface area (Å²) in [7, 11) is 0. The third kappa shape index (κ3) is 3.76. The molecule has 1 rings (SSSR count). The molecule has 1 amide bonds. The smallest absolute Gasteiger partial charge is 0.251 e. The van der Waals surface area contributed by atoms with Gasteiger partial charge in [0.15, 0.2) is 0 Å². The topological polar surface area (TPSA) is 52.9 Å². The molecule has 0 heterocycles. The zero-order valence-electron chi connectivity index (χ0n) is 8.61. The zero-order chi connectivity index (χ0) is 11.8. The van der Waals surface area contributed by atoms with Crippen LogP contribution in [0.15, 0.2) is 36.4 Å². The lowest BCUT2D eigenvalue weighted by atomic mass is 10.1. The van der Waals surface area contributed by atoms with Crippen LogP contribution in [0, 0.1) is 11.3 Å². The van der Waals surface area contributed by atoms with E-state index < -0.39 is 0 Å². The van der Waals surface area contributed by atoms with Crippen molar-refractivity contribution in [2.75, 3.05) is 12.4 Å². The van der Waals surface area contributed by atoms with Crippen LogP contribution in [0.5, 0.6) is 0 Å². The second-order valence-corrected chi connectivity index (χ2v) is 3.34. The Morgan fingerprint density at radius 2 is 2.31 bits per heavy atom. The molecular formula is C12H11ClN2O. The zero-order valence-corrected chi connectivity index (χ0v) is 9.37. The van der Waals surface area contributed by atoms with Gasteiger partial charge in [-0.3, -0.25) is 4.79 Å². The highest BCUT2D eigenvalue weighted by atomic mass is 35.5. The maximum absolute atomic E-state index is 11.6. The van der Waals surface area contributed by atoms with E-state index >= 15 is 0 Å². The van der Waals surface area contributed by atoms with E-state index in [1.54, 1.807) is 36.4 Å². The number of alkyl halides is 1. The standard InChI is InChI=1S/C12H11ClN2O/c13-6-1-2-7-15-12(16)11-5-3-4-10(8-11)9-14/h1-5,8H,6-7H2,(H,15,16)/b2-1+. The summed E-state index contributed by atoms with van der Waals surface area (Å²) in [4.78, 5) is 11.6. The van der Waals surface area contributed by atoms with Crippen LogP contribution in [0.1, 0.15) is 15.9 Å². The molecule has 0 aliphatic carbocycles. The van der Waals surface area contributed by atoms with Gasteiger partial charge in [0.2, 0.25) is 0 Å². The predicted octanol–water partition coefficient (Wildman–Crippen LogP) is 2.08. The monoisotopic (exact) mass is 234 g/mol. The van der Waals surface area contributed by atoms with E-state index in [2.05, 4.69) is 5.32 Å². The number of nitrogens with one attached hydrogen (secondary N) is 1. The highest BCUT2D eigenvalue weighted by Gasteiger charge is 2.03. The van der Waals surface area contributed by atoms with Gasteiger partial charge in [0, 0.05) is 18.0 Å². The largest absolute Gasteiger partial charge is 0.349 e. The molecule has 0 fully saturated rings. The second-order valence-electron chi connectivity index (χ2n) is 3.03. The molecule has 1 aromatic rings. The summed E-state index contributed by atoms with van der Waals surface area (Å²) < 4.78 is 0. The molecule has 82 valence electrons. The van der Waals surface area contributed by atoms with Gasteiger partial charge in [-0.25, -0.2) is 0 Å². The van der Waals surface area contributed by atoms with Crippen LogP contribution in [0.2, 0.25) is 0 Å². The van der Waals surface area contributed by atoms with E-state index in [1.807, 2.05) is 6.07 Å². The molecule has 0 aliphatic rings. The van der Waals surface area contributed by atoms with Gasteiger partial charge in [-0.05, 0) is 18.2 Å². The van der Waals surface area contributed by atoms with E-state index in [1.165, 1.54) is 0 Å². The number of amides is 1. The first-order valence-electron chi connectivity index (χ1n) is 4.77.